The summed E-state index contributed by atoms with van der Waals surface area (Å²) in [4.78, 5) is 55.1. The van der Waals surface area contributed by atoms with Crippen molar-refractivity contribution in [3.63, 3.8) is 0 Å². The van der Waals surface area contributed by atoms with Crippen molar-refractivity contribution in [1.29, 1.82) is 0 Å². The van der Waals surface area contributed by atoms with E-state index >= 15 is 0 Å². The lowest BCUT2D eigenvalue weighted by atomic mass is 10.2. The number of rotatable bonds is 5. The lowest BCUT2D eigenvalue weighted by Gasteiger charge is -2.38. The summed E-state index contributed by atoms with van der Waals surface area (Å²) in [6.45, 7) is 4.74. The summed E-state index contributed by atoms with van der Waals surface area (Å²) in [5, 5.41) is 13.6. The third-order valence-corrected chi connectivity index (χ3v) is 6.29. The van der Waals surface area contributed by atoms with E-state index in [0.717, 1.165) is 11.3 Å². The van der Waals surface area contributed by atoms with Crippen LogP contribution in [0.5, 0.6) is 0 Å². The van der Waals surface area contributed by atoms with Gasteiger partial charge in [-0.1, -0.05) is 17.7 Å². The number of urea groups is 1. The van der Waals surface area contributed by atoms with Crippen molar-refractivity contribution in [1.82, 2.24) is 14.7 Å². The van der Waals surface area contributed by atoms with Crippen LogP contribution in [-0.2, 0) is 9.59 Å². The largest absolute Gasteiger partial charge is 0.368 e. The Balaban J connectivity index is 1.23. The first-order chi connectivity index (χ1) is 16.8. The average molecular weight is 481 g/mol. The van der Waals surface area contributed by atoms with Crippen molar-refractivity contribution in [3.05, 3.63) is 64.2 Å². The molecule has 2 aromatic rings. The number of nitrogens with zero attached hydrogens (tertiary/aromatic N) is 5. The van der Waals surface area contributed by atoms with E-state index in [1.54, 1.807) is 17.0 Å². The van der Waals surface area contributed by atoms with Crippen LogP contribution in [0, 0.1) is 17.0 Å². The third kappa shape index (κ3) is 5.86. The fourth-order valence-corrected chi connectivity index (χ4v) is 4.15. The molecular weight excluding hydrogens is 452 g/mol. The van der Waals surface area contributed by atoms with Crippen molar-refractivity contribution in [3.8, 4) is 0 Å². The summed E-state index contributed by atoms with van der Waals surface area (Å²) in [5.41, 5.74) is 2.67. The SMILES string of the molecule is Cc1ccc(NC(=O)N2CCN(CC(=O)N3CCN(c4ccc([N+](=O)[O-])cc4)CC3)C(=O)C2)cc1. The van der Waals surface area contributed by atoms with Crippen LogP contribution >= 0.6 is 0 Å². The number of anilines is 2. The molecule has 0 aliphatic carbocycles. The van der Waals surface area contributed by atoms with Gasteiger partial charge in [0.2, 0.25) is 11.8 Å². The quantitative estimate of drug-likeness (QED) is 0.516. The molecule has 4 rings (SSSR count). The molecule has 0 atom stereocenters. The summed E-state index contributed by atoms with van der Waals surface area (Å²) in [6.07, 6.45) is 0. The normalized spacial score (nSPS) is 16.3. The maximum atomic E-state index is 12.8. The van der Waals surface area contributed by atoms with Gasteiger partial charge in [0.15, 0.2) is 0 Å². The van der Waals surface area contributed by atoms with Crippen molar-refractivity contribution in [2.75, 3.05) is 62.6 Å². The second-order valence-corrected chi connectivity index (χ2v) is 8.67. The van der Waals surface area contributed by atoms with Crippen LogP contribution in [0.2, 0.25) is 0 Å². The molecule has 0 radical (unpaired) electrons. The zero-order valence-corrected chi connectivity index (χ0v) is 19.6. The van der Waals surface area contributed by atoms with Gasteiger partial charge in [0.1, 0.15) is 6.54 Å². The first-order valence-corrected chi connectivity index (χ1v) is 11.5. The van der Waals surface area contributed by atoms with Gasteiger partial charge in [-0.3, -0.25) is 19.7 Å². The standard InChI is InChI=1S/C24H28N6O5/c1-18-2-4-19(5-3-18)25-24(33)29-15-14-28(23(32)17-29)16-22(31)27-12-10-26(11-13-27)20-6-8-21(9-7-20)30(34)35/h2-9H,10-17H2,1H3,(H,25,33). The second-order valence-electron chi connectivity index (χ2n) is 8.67. The van der Waals surface area contributed by atoms with Crippen molar-refractivity contribution < 1.29 is 19.3 Å². The van der Waals surface area contributed by atoms with Crippen molar-refractivity contribution in [2.24, 2.45) is 0 Å². The summed E-state index contributed by atoms with van der Waals surface area (Å²) in [6, 6.07) is 13.4. The molecule has 2 fully saturated rings. The minimum absolute atomic E-state index is 0.0101. The van der Waals surface area contributed by atoms with Gasteiger partial charge in [-0.05, 0) is 31.2 Å². The molecule has 2 heterocycles. The highest BCUT2D eigenvalue weighted by molar-refractivity contribution is 5.94. The highest BCUT2D eigenvalue weighted by Gasteiger charge is 2.30. The summed E-state index contributed by atoms with van der Waals surface area (Å²) in [7, 11) is 0. The van der Waals surface area contributed by atoms with E-state index in [1.165, 1.54) is 21.9 Å². The number of piperazine rings is 2. The number of nitro benzene ring substituents is 1. The van der Waals surface area contributed by atoms with Gasteiger partial charge in [-0.25, -0.2) is 4.79 Å². The molecule has 0 saturated carbocycles. The van der Waals surface area contributed by atoms with Crippen molar-refractivity contribution in [2.45, 2.75) is 6.92 Å². The number of hydrogen-bond donors (Lipinski definition) is 1. The van der Waals surface area contributed by atoms with Crippen LogP contribution in [0.1, 0.15) is 5.56 Å². The number of aryl methyl sites for hydroxylation is 1. The van der Waals surface area contributed by atoms with E-state index in [9.17, 15) is 24.5 Å². The van der Waals surface area contributed by atoms with Crippen LogP contribution in [-0.4, -0.2) is 89.8 Å². The Bertz CT molecular complexity index is 1100. The van der Waals surface area contributed by atoms with Crippen LogP contribution in [0.4, 0.5) is 21.9 Å². The molecule has 184 valence electrons. The Kier molecular flexibility index (Phi) is 7.14. The molecule has 0 bridgehead atoms. The monoisotopic (exact) mass is 480 g/mol. The van der Waals surface area contributed by atoms with Crippen molar-refractivity contribution >= 4 is 34.9 Å². The van der Waals surface area contributed by atoms with Gasteiger partial charge in [0.05, 0.1) is 11.5 Å². The molecule has 0 spiro atoms. The lowest BCUT2D eigenvalue weighted by Crippen LogP contribution is -2.57. The van der Waals surface area contributed by atoms with E-state index in [4.69, 9.17) is 0 Å². The number of nitro groups is 1. The Morgan fingerprint density at radius 1 is 0.914 bits per heavy atom. The van der Waals surface area contributed by atoms with E-state index in [0.29, 0.717) is 45.0 Å². The number of amides is 4. The zero-order valence-electron chi connectivity index (χ0n) is 19.6. The van der Waals surface area contributed by atoms with Crippen LogP contribution in [0.15, 0.2) is 48.5 Å². The minimum atomic E-state index is -0.433. The average Bonchev–Trinajstić information content (AvgIpc) is 2.86. The van der Waals surface area contributed by atoms with E-state index in [-0.39, 0.29) is 36.6 Å². The molecule has 35 heavy (non-hydrogen) atoms. The first kappa shape index (κ1) is 24.0. The molecule has 2 saturated heterocycles. The Hall–Kier alpha value is -4.15. The lowest BCUT2D eigenvalue weighted by molar-refractivity contribution is -0.384. The predicted octanol–water partition coefficient (Wildman–Crippen LogP) is 1.93. The summed E-state index contributed by atoms with van der Waals surface area (Å²) >= 11 is 0. The van der Waals surface area contributed by atoms with Crippen LogP contribution in [0.3, 0.4) is 0 Å². The van der Waals surface area contributed by atoms with Gasteiger partial charge in [-0.15, -0.1) is 0 Å². The molecule has 0 aromatic heterocycles. The van der Waals surface area contributed by atoms with Gasteiger partial charge >= 0.3 is 6.03 Å². The topological polar surface area (TPSA) is 119 Å². The number of non-ortho nitro benzene ring substituents is 1. The number of nitrogens with one attached hydrogen (secondary N) is 1. The highest BCUT2D eigenvalue weighted by Crippen LogP contribution is 2.21. The van der Waals surface area contributed by atoms with Gasteiger partial charge < -0.3 is 24.9 Å². The fraction of sp³-hybridized carbons (Fsp3) is 0.375. The van der Waals surface area contributed by atoms with Crippen LogP contribution in [0.25, 0.3) is 0 Å². The first-order valence-electron chi connectivity index (χ1n) is 11.5. The summed E-state index contributed by atoms with van der Waals surface area (Å²) in [5.74, 6) is -0.382. The van der Waals surface area contributed by atoms with E-state index in [2.05, 4.69) is 10.2 Å². The smallest absolute Gasteiger partial charge is 0.322 e. The van der Waals surface area contributed by atoms with E-state index in [1.807, 2.05) is 31.2 Å². The van der Waals surface area contributed by atoms with Gasteiger partial charge in [0, 0.05) is 62.8 Å². The summed E-state index contributed by atoms with van der Waals surface area (Å²) < 4.78 is 0. The Labute approximate surface area is 203 Å². The molecular formula is C24H28N6O5. The third-order valence-electron chi connectivity index (χ3n) is 6.29. The molecule has 2 aromatic carbocycles. The molecule has 2 aliphatic rings. The molecule has 11 heteroatoms. The minimum Gasteiger partial charge on any atom is -0.368 e. The zero-order chi connectivity index (χ0) is 24.9. The van der Waals surface area contributed by atoms with Gasteiger partial charge in [0.25, 0.3) is 5.69 Å². The number of hydrogen-bond acceptors (Lipinski definition) is 6. The highest BCUT2D eigenvalue weighted by atomic mass is 16.6. The number of benzene rings is 2. The fourth-order valence-electron chi connectivity index (χ4n) is 4.15. The van der Waals surface area contributed by atoms with E-state index < -0.39 is 4.92 Å². The maximum Gasteiger partial charge on any atom is 0.322 e. The number of carbonyl (C=O) groups is 3. The maximum absolute atomic E-state index is 12.8. The number of carbonyl (C=O) groups excluding carboxylic acids is 3. The molecule has 0 unspecified atom stereocenters. The molecule has 11 nitrogen and oxygen atoms in total. The Morgan fingerprint density at radius 3 is 2.14 bits per heavy atom. The predicted molar refractivity (Wildman–Crippen MR) is 130 cm³/mol. The Morgan fingerprint density at radius 2 is 1.54 bits per heavy atom. The van der Waals surface area contributed by atoms with Gasteiger partial charge in [-0.2, -0.15) is 0 Å². The second kappa shape index (κ2) is 10.4. The molecule has 2 aliphatic heterocycles. The molecule has 4 amide bonds. The van der Waals surface area contributed by atoms with Crippen LogP contribution < -0.4 is 10.2 Å². The molecule has 1 N–H and O–H groups in total.